The third-order valence-corrected chi connectivity index (χ3v) is 4.54. The lowest BCUT2D eigenvalue weighted by Gasteiger charge is -2.27. The number of halogens is 2. The summed E-state index contributed by atoms with van der Waals surface area (Å²) >= 11 is 0. The third kappa shape index (κ3) is 4.77. The molecule has 1 heterocycles. The fraction of sp³-hybridized carbons (Fsp3) is 0.400. The van der Waals surface area contributed by atoms with Gasteiger partial charge in [-0.2, -0.15) is 0 Å². The van der Waals surface area contributed by atoms with Crippen molar-refractivity contribution in [2.75, 3.05) is 44.7 Å². The van der Waals surface area contributed by atoms with Gasteiger partial charge >= 0.3 is 0 Å². The van der Waals surface area contributed by atoms with E-state index in [1.165, 1.54) is 18.2 Å². The lowest BCUT2D eigenvalue weighted by molar-refractivity contribution is 0.0398. The molecule has 0 aliphatic carbocycles. The average Bonchev–Trinajstić information content (AvgIpc) is 2.61. The Balaban J connectivity index is 1.69. The van der Waals surface area contributed by atoms with E-state index in [0.717, 1.165) is 56.2 Å². The number of aryl methyl sites for hydroxylation is 1. The van der Waals surface area contributed by atoms with Crippen molar-refractivity contribution in [3.63, 3.8) is 0 Å². The first-order valence-corrected chi connectivity index (χ1v) is 8.70. The third-order valence-electron chi connectivity index (χ3n) is 4.54. The normalized spacial score (nSPS) is 15.3. The van der Waals surface area contributed by atoms with Crippen molar-refractivity contribution < 1.29 is 13.5 Å². The second-order valence-corrected chi connectivity index (χ2v) is 6.42. The molecule has 3 nitrogen and oxygen atoms in total. The number of nitrogens with zero attached hydrogens (tertiary/aromatic N) is 1. The molecule has 1 N–H and O–H groups in total. The Bertz CT molecular complexity index is 695. The van der Waals surface area contributed by atoms with Crippen LogP contribution in [-0.2, 0) is 11.2 Å². The highest BCUT2D eigenvalue weighted by Crippen LogP contribution is 2.23. The standard InChI is InChI=1S/C20H24F2N2O/c1-15-5-6-20(23-7-8-24-9-11-25-12-10-24)16(13-15)14-17-18(21)3-2-4-19(17)22/h2-6,13,23H,7-12,14H2,1H3. The van der Waals surface area contributed by atoms with Gasteiger partial charge in [0.1, 0.15) is 11.6 Å². The van der Waals surface area contributed by atoms with Crippen LogP contribution >= 0.6 is 0 Å². The van der Waals surface area contributed by atoms with Crippen LogP contribution in [0.15, 0.2) is 36.4 Å². The number of rotatable bonds is 6. The maximum atomic E-state index is 14.0. The van der Waals surface area contributed by atoms with E-state index in [-0.39, 0.29) is 12.0 Å². The minimum Gasteiger partial charge on any atom is -0.384 e. The predicted octanol–water partition coefficient (Wildman–Crippen LogP) is 3.61. The fourth-order valence-electron chi connectivity index (χ4n) is 3.11. The molecule has 0 spiro atoms. The molecule has 2 aromatic carbocycles. The Labute approximate surface area is 147 Å². The largest absolute Gasteiger partial charge is 0.384 e. The molecule has 0 unspecified atom stereocenters. The number of hydrogen-bond acceptors (Lipinski definition) is 3. The summed E-state index contributed by atoms with van der Waals surface area (Å²) in [5, 5.41) is 3.42. The zero-order valence-corrected chi connectivity index (χ0v) is 14.5. The fourth-order valence-corrected chi connectivity index (χ4v) is 3.11. The van der Waals surface area contributed by atoms with Crippen LogP contribution in [0.3, 0.4) is 0 Å². The van der Waals surface area contributed by atoms with Gasteiger partial charge in [-0.05, 0) is 30.7 Å². The summed E-state index contributed by atoms with van der Waals surface area (Å²) in [6, 6.07) is 10.00. The van der Waals surface area contributed by atoms with Crippen LogP contribution in [0.4, 0.5) is 14.5 Å². The SMILES string of the molecule is Cc1ccc(NCCN2CCOCC2)c(Cc2c(F)cccc2F)c1. The van der Waals surface area contributed by atoms with Gasteiger partial charge in [0.2, 0.25) is 0 Å². The van der Waals surface area contributed by atoms with Gasteiger partial charge in [0.15, 0.2) is 0 Å². The molecule has 1 saturated heterocycles. The summed E-state index contributed by atoms with van der Waals surface area (Å²) in [4.78, 5) is 2.35. The molecule has 0 amide bonds. The minimum atomic E-state index is -0.499. The van der Waals surface area contributed by atoms with Gasteiger partial charge < -0.3 is 10.1 Å². The molecule has 0 saturated carbocycles. The average molecular weight is 346 g/mol. The number of benzene rings is 2. The van der Waals surface area contributed by atoms with Crippen molar-refractivity contribution >= 4 is 5.69 Å². The van der Waals surface area contributed by atoms with Crippen LogP contribution in [0.1, 0.15) is 16.7 Å². The van der Waals surface area contributed by atoms with Gasteiger partial charge in [-0.25, -0.2) is 8.78 Å². The van der Waals surface area contributed by atoms with Gasteiger partial charge in [0.05, 0.1) is 13.2 Å². The van der Waals surface area contributed by atoms with Crippen molar-refractivity contribution in [2.45, 2.75) is 13.3 Å². The Kier molecular flexibility index (Phi) is 6.00. The van der Waals surface area contributed by atoms with Gasteiger partial charge in [-0.1, -0.05) is 23.8 Å². The molecule has 25 heavy (non-hydrogen) atoms. The summed E-state index contributed by atoms with van der Waals surface area (Å²) in [5.74, 6) is -0.999. The smallest absolute Gasteiger partial charge is 0.129 e. The summed E-state index contributed by atoms with van der Waals surface area (Å²) in [7, 11) is 0. The monoisotopic (exact) mass is 346 g/mol. The molecule has 5 heteroatoms. The van der Waals surface area contributed by atoms with Crippen molar-refractivity contribution in [3.8, 4) is 0 Å². The van der Waals surface area contributed by atoms with E-state index in [2.05, 4.69) is 10.2 Å². The van der Waals surface area contributed by atoms with Crippen LogP contribution in [0.2, 0.25) is 0 Å². The van der Waals surface area contributed by atoms with Crippen LogP contribution in [0.5, 0.6) is 0 Å². The second kappa shape index (κ2) is 8.41. The topological polar surface area (TPSA) is 24.5 Å². The minimum absolute atomic E-state index is 0.115. The van der Waals surface area contributed by atoms with E-state index in [4.69, 9.17) is 4.74 Å². The van der Waals surface area contributed by atoms with Crippen molar-refractivity contribution in [1.29, 1.82) is 0 Å². The first-order chi connectivity index (χ1) is 12.1. The maximum Gasteiger partial charge on any atom is 0.129 e. The molecule has 1 fully saturated rings. The Hall–Kier alpha value is -1.98. The molecule has 1 aliphatic rings. The molecular weight excluding hydrogens is 322 g/mol. The molecule has 0 bridgehead atoms. The maximum absolute atomic E-state index is 14.0. The van der Waals surface area contributed by atoms with E-state index < -0.39 is 11.6 Å². The van der Waals surface area contributed by atoms with Gasteiger partial charge in [0, 0.05) is 43.9 Å². The van der Waals surface area contributed by atoms with Gasteiger partial charge in [-0.15, -0.1) is 0 Å². The second-order valence-electron chi connectivity index (χ2n) is 6.42. The van der Waals surface area contributed by atoms with Gasteiger partial charge in [-0.3, -0.25) is 4.90 Å². The molecule has 1 aliphatic heterocycles. The molecule has 0 atom stereocenters. The zero-order chi connectivity index (χ0) is 17.6. The lowest BCUT2D eigenvalue weighted by Crippen LogP contribution is -2.39. The van der Waals surface area contributed by atoms with Crippen LogP contribution in [0.25, 0.3) is 0 Å². The quantitative estimate of drug-likeness (QED) is 0.865. The summed E-state index contributed by atoms with van der Waals surface area (Å²) in [5.41, 5.74) is 3.03. The van der Waals surface area contributed by atoms with Crippen LogP contribution in [-0.4, -0.2) is 44.3 Å². The van der Waals surface area contributed by atoms with E-state index in [1.54, 1.807) is 0 Å². The van der Waals surface area contributed by atoms with Crippen LogP contribution in [0, 0.1) is 18.6 Å². The summed E-state index contributed by atoms with van der Waals surface area (Å²) in [6.45, 7) is 7.15. The highest BCUT2D eigenvalue weighted by Gasteiger charge is 2.13. The Morgan fingerprint density at radius 1 is 1.08 bits per heavy atom. The van der Waals surface area contributed by atoms with E-state index >= 15 is 0 Å². The number of nitrogens with one attached hydrogen (secondary N) is 1. The lowest BCUT2D eigenvalue weighted by atomic mass is 10.00. The number of hydrogen-bond donors (Lipinski definition) is 1. The number of ether oxygens (including phenoxy) is 1. The number of anilines is 1. The first kappa shape index (κ1) is 17.8. The molecule has 0 aromatic heterocycles. The van der Waals surface area contributed by atoms with E-state index in [0.29, 0.717) is 0 Å². The summed E-state index contributed by atoms with van der Waals surface area (Å²) in [6.07, 6.45) is 0.236. The highest BCUT2D eigenvalue weighted by molar-refractivity contribution is 5.54. The van der Waals surface area contributed by atoms with Crippen molar-refractivity contribution in [2.24, 2.45) is 0 Å². The van der Waals surface area contributed by atoms with Crippen molar-refractivity contribution in [1.82, 2.24) is 4.90 Å². The molecular formula is C20H24F2N2O. The first-order valence-electron chi connectivity index (χ1n) is 8.70. The van der Waals surface area contributed by atoms with E-state index in [9.17, 15) is 8.78 Å². The molecule has 134 valence electrons. The molecule has 3 rings (SSSR count). The Morgan fingerprint density at radius 2 is 1.80 bits per heavy atom. The van der Waals surface area contributed by atoms with Gasteiger partial charge in [0.25, 0.3) is 0 Å². The molecule has 0 radical (unpaired) electrons. The van der Waals surface area contributed by atoms with Crippen molar-refractivity contribution in [3.05, 3.63) is 64.7 Å². The zero-order valence-electron chi connectivity index (χ0n) is 14.5. The molecule has 2 aromatic rings. The van der Waals surface area contributed by atoms with E-state index in [1.807, 2.05) is 25.1 Å². The summed E-state index contributed by atoms with van der Waals surface area (Å²) < 4.78 is 33.3. The highest BCUT2D eigenvalue weighted by atomic mass is 19.1. The Morgan fingerprint density at radius 3 is 2.52 bits per heavy atom. The predicted molar refractivity (Wildman–Crippen MR) is 96.1 cm³/mol. The number of morpholine rings is 1. The van der Waals surface area contributed by atoms with Crippen LogP contribution < -0.4 is 5.32 Å².